The van der Waals surface area contributed by atoms with Crippen LogP contribution in [0.4, 0.5) is 18.9 Å². The number of carbonyl (C=O) groups excluding carboxylic acids is 2. The molecule has 2 aliphatic rings. The average molecular weight is 413 g/mol. The molecule has 0 bridgehead atoms. The molecule has 0 radical (unpaired) electrons. The Bertz CT molecular complexity index is 706. The summed E-state index contributed by atoms with van der Waals surface area (Å²) in [6.07, 6.45) is 2.48. The van der Waals surface area contributed by atoms with E-state index in [4.69, 9.17) is 10.0 Å². The van der Waals surface area contributed by atoms with Gasteiger partial charge in [0.15, 0.2) is 0 Å². The van der Waals surface area contributed by atoms with Crippen LogP contribution in [0.1, 0.15) is 31.2 Å². The Labute approximate surface area is 167 Å². The lowest BCUT2D eigenvalue weighted by Gasteiger charge is -2.45. The van der Waals surface area contributed by atoms with Crippen molar-refractivity contribution in [3.05, 3.63) is 35.9 Å². The van der Waals surface area contributed by atoms with Crippen LogP contribution in [0.5, 0.6) is 0 Å². The molecule has 0 aliphatic carbocycles. The molecule has 1 amide bonds. The number of alkyl halides is 3. The largest absolute Gasteiger partial charge is 0.446 e. The summed E-state index contributed by atoms with van der Waals surface area (Å²) >= 11 is 0. The molecule has 2 aliphatic heterocycles. The van der Waals surface area contributed by atoms with Gasteiger partial charge in [0.05, 0.1) is 0 Å². The lowest BCUT2D eigenvalue weighted by Crippen LogP contribution is -2.45. The summed E-state index contributed by atoms with van der Waals surface area (Å²) in [7, 11) is 0. The highest BCUT2D eigenvalue weighted by Gasteiger charge is 2.35. The van der Waals surface area contributed by atoms with Gasteiger partial charge >= 0.3 is 6.18 Å². The predicted molar refractivity (Wildman–Crippen MR) is 104 cm³/mol. The smallest absolute Gasteiger partial charge is 0.371 e. The zero-order valence-electron chi connectivity index (χ0n) is 16.0. The van der Waals surface area contributed by atoms with Gasteiger partial charge in [0, 0.05) is 24.9 Å². The summed E-state index contributed by atoms with van der Waals surface area (Å²) in [5.41, 5.74) is 4.34. The maximum atomic E-state index is 11.2. The zero-order chi connectivity index (χ0) is 21.3. The number of piperidine rings is 2. The summed E-state index contributed by atoms with van der Waals surface area (Å²) in [5.74, 6) is -0.507. The van der Waals surface area contributed by atoms with E-state index in [1.807, 2.05) is 18.2 Å². The lowest BCUT2D eigenvalue weighted by atomic mass is 9.71. The quantitative estimate of drug-likeness (QED) is 0.307. The van der Waals surface area contributed by atoms with Gasteiger partial charge in [0.2, 0.25) is 6.29 Å². The maximum absolute atomic E-state index is 11.2. The predicted octanol–water partition coefficient (Wildman–Crippen LogP) is 2.92. The second-order valence-corrected chi connectivity index (χ2v) is 7.26. The minimum absolute atomic E-state index is 0.507. The van der Waals surface area contributed by atoms with Crippen molar-refractivity contribution in [2.75, 3.05) is 31.1 Å². The van der Waals surface area contributed by atoms with Crippen molar-refractivity contribution in [3.8, 4) is 0 Å². The molecule has 1 aromatic rings. The number of para-hydroxylation sites is 1. The van der Waals surface area contributed by atoms with Gasteiger partial charge in [-0.3, -0.25) is 14.8 Å². The van der Waals surface area contributed by atoms with Crippen molar-refractivity contribution in [3.63, 3.8) is 0 Å². The number of nitrogens with zero attached hydrogens (tertiary/aromatic N) is 1. The fourth-order valence-corrected chi connectivity index (χ4v) is 3.80. The number of aldehydes is 1. The number of halogens is 3. The van der Waals surface area contributed by atoms with Gasteiger partial charge < -0.3 is 10.2 Å². The first-order valence-electron chi connectivity index (χ1n) is 9.48. The van der Waals surface area contributed by atoms with Crippen LogP contribution >= 0.6 is 0 Å². The van der Waals surface area contributed by atoms with Crippen molar-refractivity contribution < 1.29 is 28.0 Å². The van der Waals surface area contributed by atoms with Crippen LogP contribution in [0.15, 0.2) is 30.3 Å². The van der Waals surface area contributed by atoms with Crippen LogP contribution in [0.2, 0.25) is 0 Å². The van der Waals surface area contributed by atoms with E-state index >= 15 is 0 Å². The minimum atomic E-state index is -4.64. The number of anilines is 1. The molecular formula is C20H26F3N3O3. The average Bonchev–Trinajstić information content (AvgIpc) is 2.73. The molecule has 160 valence electrons. The second-order valence-electron chi connectivity index (χ2n) is 7.26. The fourth-order valence-electron chi connectivity index (χ4n) is 3.80. The van der Waals surface area contributed by atoms with Crippen LogP contribution in [-0.4, -0.2) is 49.8 Å². The Balaban J connectivity index is 0.000000438. The molecule has 0 unspecified atom stereocenters. The van der Waals surface area contributed by atoms with E-state index in [-0.39, 0.29) is 0 Å². The monoisotopic (exact) mass is 413 g/mol. The summed E-state index contributed by atoms with van der Waals surface area (Å²) in [4.78, 5) is 22.3. The molecule has 1 spiro atoms. The van der Waals surface area contributed by atoms with Gasteiger partial charge in [-0.25, -0.2) is 5.48 Å². The lowest BCUT2D eigenvalue weighted by molar-refractivity contribution is -0.156. The molecular weight excluding hydrogens is 387 g/mol. The first kappa shape index (κ1) is 22.9. The van der Waals surface area contributed by atoms with E-state index in [0.29, 0.717) is 5.41 Å². The SMILES string of the molecule is O=C(/C=C/c1ccccc1N1CCC2(CCNCC2)CC1)NO.O=CC(F)(F)F. The van der Waals surface area contributed by atoms with E-state index in [1.54, 1.807) is 11.6 Å². The van der Waals surface area contributed by atoms with E-state index in [2.05, 4.69) is 16.3 Å². The molecule has 2 saturated heterocycles. The normalized spacial score (nSPS) is 18.8. The second kappa shape index (κ2) is 10.4. The summed E-state index contributed by atoms with van der Waals surface area (Å²) < 4.78 is 31.2. The molecule has 6 nitrogen and oxygen atoms in total. The van der Waals surface area contributed by atoms with E-state index in [0.717, 1.165) is 31.7 Å². The van der Waals surface area contributed by atoms with Crippen molar-refractivity contribution in [1.29, 1.82) is 0 Å². The van der Waals surface area contributed by atoms with Crippen LogP contribution in [0, 0.1) is 5.41 Å². The van der Waals surface area contributed by atoms with Crippen molar-refractivity contribution >= 4 is 24.0 Å². The Kier molecular flexibility index (Phi) is 8.21. The summed E-state index contributed by atoms with van der Waals surface area (Å²) in [5, 5.41) is 12.1. The molecule has 3 N–H and O–H groups in total. The number of hydrogen-bond acceptors (Lipinski definition) is 5. The highest BCUT2D eigenvalue weighted by molar-refractivity contribution is 5.91. The third-order valence-corrected chi connectivity index (χ3v) is 5.42. The van der Waals surface area contributed by atoms with Gasteiger partial charge in [-0.15, -0.1) is 0 Å². The van der Waals surface area contributed by atoms with E-state index in [1.165, 1.54) is 37.4 Å². The van der Waals surface area contributed by atoms with Gasteiger partial charge in [-0.1, -0.05) is 18.2 Å². The van der Waals surface area contributed by atoms with Crippen molar-refractivity contribution in [2.45, 2.75) is 31.9 Å². The topological polar surface area (TPSA) is 81.7 Å². The Morgan fingerprint density at radius 1 is 1.14 bits per heavy atom. The highest BCUT2D eigenvalue weighted by atomic mass is 19.4. The van der Waals surface area contributed by atoms with Crippen molar-refractivity contribution in [2.24, 2.45) is 5.41 Å². The standard InChI is InChI=1S/C18H25N3O2.C2HF3O/c22-17(20-23)6-5-15-3-1-2-4-16(15)21-13-9-18(10-14-21)7-11-19-12-8-18;3-2(4,5)1-6/h1-6,19,23H,7-14H2,(H,20,22);1H/b6-5+;. The first-order chi connectivity index (χ1) is 13.8. The summed E-state index contributed by atoms with van der Waals surface area (Å²) in [6, 6.07) is 8.12. The molecule has 29 heavy (non-hydrogen) atoms. The number of carbonyl (C=O) groups is 2. The van der Waals surface area contributed by atoms with Crippen LogP contribution in [0.3, 0.4) is 0 Å². The van der Waals surface area contributed by atoms with Crippen molar-refractivity contribution in [1.82, 2.24) is 10.8 Å². The van der Waals surface area contributed by atoms with Crippen LogP contribution < -0.4 is 15.7 Å². The highest BCUT2D eigenvalue weighted by Crippen LogP contribution is 2.41. The first-order valence-corrected chi connectivity index (χ1v) is 9.48. The van der Waals surface area contributed by atoms with Crippen LogP contribution in [0.25, 0.3) is 6.08 Å². The number of amides is 1. The number of benzene rings is 1. The number of hydrogen-bond donors (Lipinski definition) is 3. The number of hydroxylamine groups is 1. The van der Waals surface area contributed by atoms with Gasteiger partial charge in [0.25, 0.3) is 5.91 Å². The third kappa shape index (κ3) is 7.17. The van der Waals surface area contributed by atoms with Gasteiger partial charge in [-0.2, -0.15) is 13.2 Å². The molecule has 0 saturated carbocycles. The molecule has 0 atom stereocenters. The van der Waals surface area contributed by atoms with Gasteiger partial charge in [-0.05, 0) is 61.9 Å². The fraction of sp³-hybridized carbons (Fsp3) is 0.500. The Morgan fingerprint density at radius 2 is 1.72 bits per heavy atom. The molecule has 3 rings (SSSR count). The van der Waals surface area contributed by atoms with Gasteiger partial charge in [0.1, 0.15) is 0 Å². The molecule has 2 fully saturated rings. The summed E-state index contributed by atoms with van der Waals surface area (Å²) in [6.45, 7) is 4.43. The molecule has 1 aromatic carbocycles. The van der Waals surface area contributed by atoms with E-state index in [9.17, 15) is 18.0 Å². The number of nitrogens with one attached hydrogen (secondary N) is 2. The minimum Gasteiger partial charge on any atom is -0.371 e. The number of rotatable bonds is 3. The molecule has 2 heterocycles. The molecule has 0 aromatic heterocycles. The third-order valence-electron chi connectivity index (χ3n) is 5.42. The van der Waals surface area contributed by atoms with Crippen LogP contribution in [-0.2, 0) is 9.59 Å². The Morgan fingerprint density at radius 3 is 2.28 bits per heavy atom. The molecule has 9 heteroatoms. The maximum Gasteiger partial charge on any atom is 0.446 e. The Hall–Kier alpha value is -2.39. The zero-order valence-corrected chi connectivity index (χ0v) is 16.0. The van der Waals surface area contributed by atoms with E-state index < -0.39 is 18.4 Å².